The molecular formula is C24H37F3N4O2. The maximum absolute atomic E-state index is 12.8. The first-order chi connectivity index (χ1) is 15.6. The van der Waals surface area contributed by atoms with E-state index in [9.17, 15) is 18.0 Å². The molecule has 1 fully saturated rings. The van der Waals surface area contributed by atoms with E-state index in [0.717, 1.165) is 4.68 Å². The first kappa shape index (κ1) is 28.6. The van der Waals surface area contributed by atoms with E-state index in [2.05, 4.69) is 42.8 Å². The minimum Gasteiger partial charge on any atom is -0.497 e. The van der Waals surface area contributed by atoms with Gasteiger partial charge in [0, 0.05) is 5.56 Å². The van der Waals surface area contributed by atoms with E-state index in [1.807, 2.05) is 0 Å². The van der Waals surface area contributed by atoms with Crippen molar-refractivity contribution < 1.29 is 22.7 Å². The van der Waals surface area contributed by atoms with E-state index in [1.54, 1.807) is 12.1 Å². The van der Waals surface area contributed by atoms with Crippen LogP contribution in [0.1, 0.15) is 54.9 Å². The minimum atomic E-state index is -4.60. The highest BCUT2D eigenvalue weighted by atomic mass is 19.4. The number of aromatic nitrogens is 2. The maximum atomic E-state index is 12.8. The number of nitrogens with zero attached hydrogens (tertiary/aromatic N) is 4. The summed E-state index contributed by atoms with van der Waals surface area (Å²) in [6.45, 7) is 10.6. The molecule has 6 nitrogen and oxygen atoms in total. The predicted octanol–water partition coefficient (Wildman–Crippen LogP) is 5.08. The standard InChI is InChI=1S/C13H11F3N2O2.C6H15N.C5H11N/c1-8-11(7-19)18(17-12(8)13(14,15)16)9-3-5-10(20-2)6-4-9;1-4-6-7(3)5-2;1-6-4-2-3-5-6/h3-7H,1-2H3;4-6H2,1-3H3;2-5H2,1H3. The summed E-state index contributed by atoms with van der Waals surface area (Å²) >= 11 is 0. The highest BCUT2D eigenvalue weighted by molar-refractivity contribution is 5.76. The Morgan fingerprint density at radius 2 is 1.73 bits per heavy atom. The molecule has 0 amide bonds. The number of carbonyl (C=O) groups excluding carboxylic acids is 1. The lowest BCUT2D eigenvalue weighted by atomic mass is 10.2. The second-order valence-electron chi connectivity index (χ2n) is 7.99. The SMILES string of the molecule is CCCN(C)CC.CN1CCCC1.COc1ccc(-n2nc(C(F)(F)F)c(C)c2C=O)cc1. The van der Waals surface area contributed by atoms with Crippen LogP contribution in [-0.2, 0) is 6.18 Å². The van der Waals surface area contributed by atoms with Crippen LogP contribution in [0.15, 0.2) is 24.3 Å². The zero-order valence-electron chi connectivity index (χ0n) is 20.6. The number of benzene rings is 1. The Morgan fingerprint density at radius 1 is 1.15 bits per heavy atom. The van der Waals surface area contributed by atoms with Gasteiger partial charge >= 0.3 is 6.18 Å². The number of rotatable bonds is 6. The highest BCUT2D eigenvalue weighted by Gasteiger charge is 2.37. The smallest absolute Gasteiger partial charge is 0.435 e. The number of methoxy groups -OCH3 is 1. The average molecular weight is 471 g/mol. The first-order valence-corrected chi connectivity index (χ1v) is 11.2. The van der Waals surface area contributed by atoms with Crippen molar-refractivity contribution in [1.29, 1.82) is 0 Å². The highest BCUT2D eigenvalue weighted by Crippen LogP contribution is 2.32. The Bertz CT molecular complexity index is 829. The molecule has 0 atom stereocenters. The molecule has 186 valence electrons. The van der Waals surface area contributed by atoms with Gasteiger partial charge in [-0.25, -0.2) is 4.68 Å². The van der Waals surface area contributed by atoms with Gasteiger partial charge in [-0.3, -0.25) is 4.79 Å². The quantitative estimate of drug-likeness (QED) is 0.551. The molecule has 2 heterocycles. The third-order valence-electron chi connectivity index (χ3n) is 5.34. The fraction of sp³-hybridized carbons (Fsp3) is 0.583. The van der Waals surface area contributed by atoms with Crippen LogP contribution in [0.5, 0.6) is 5.75 Å². The summed E-state index contributed by atoms with van der Waals surface area (Å²) in [5.74, 6) is 0.557. The summed E-state index contributed by atoms with van der Waals surface area (Å²) < 4.78 is 44.3. The molecule has 33 heavy (non-hydrogen) atoms. The van der Waals surface area contributed by atoms with Gasteiger partial charge in [0.1, 0.15) is 11.4 Å². The van der Waals surface area contributed by atoms with Crippen LogP contribution in [0.2, 0.25) is 0 Å². The molecular weight excluding hydrogens is 433 g/mol. The molecule has 1 aliphatic heterocycles. The van der Waals surface area contributed by atoms with Gasteiger partial charge in [0.05, 0.1) is 12.8 Å². The van der Waals surface area contributed by atoms with Gasteiger partial charge in [0.2, 0.25) is 0 Å². The van der Waals surface area contributed by atoms with Crippen LogP contribution in [0.4, 0.5) is 13.2 Å². The number of hydrogen-bond donors (Lipinski definition) is 0. The summed E-state index contributed by atoms with van der Waals surface area (Å²) in [5.41, 5.74) is -1.02. The van der Waals surface area contributed by atoms with Crippen LogP contribution >= 0.6 is 0 Å². The van der Waals surface area contributed by atoms with Crippen molar-refractivity contribution >= 4 is 6.29 Å². The van der Waals surface area contributed by atoms with Gasteiger partial charge in [-0.1, -0.05) is 13.8 Å². The zero-order valence-corrected chi connectivity index (χ0v) is 20.6. The van der Waals surface area contributed by atoms with Crippen LogP contribution in [-0.4, -0.2) is 73.3 Å². The second-order valence-corrected chi connectivity index (χ2v) is 7.99. The minimum absolute atomic E-state index is 0.123. The molecule has 9 heteroatoms. The van der Waals surface area contributed by atoms with Gasteiger partial charge in [-0.15, -0.1) is 0 Å². The van der Waals surface area contributed by atoms with E-state index in [4.69, 9.17) is 4.74 Å². The number of aldehydes is 1. The Balaban J connectivity index is 0.000000341. The number of ether oxygens (including phenoxy) is 1. The van der Waals surface area contributed by atoms with Gasteiger partial charge in [-0.05, 0) is 90.7 Å². The average Bonchev–Trinajstić information content (AvgIpc) is 3.40. The number of likely N-dealkylation sites (tertiary alicyclic amines) is 1. The topological polar surface area (TPSA) is 50.6 Å². The van der Waals surface area contributed by atoms with E-state index < -0.39 is 11.9 Å². The molecule has 2 aromatic rings. The van der Waals surface area contributed by atoms with Crippen molar-refractivity contribution in [3.8, 4) is 11.4 Å². The third kappa shape index (κ3) is 9.17. The lowest BCUT2D eigenvalue weighted by Crippen LogP contribution is -2.17. The van der Waals surface area contributed by atoms with Crippen LogP contribution < -0.4 is 4.74 Å². The van der Waals surface area contributed by atoms with Gasteiger partial charge in [0.15, 0.2) is 12.0 Å². The lowest BCUT2D eigenvalue weighted by molar-refractivity contribution is -0.141. The first-order valence-electron chi connectivity index (χ1n) is 11.2. The monoisotopic (exact) mass is 470 g/mol. The van der Waals surface area contributed by atoms with Crippen molar-refractivity contribution in [3.63, 3.8) is 0 Å². The molecule has 0 radical (unpaired) electrons. The Hall–Kier alpha value is -2.39. The van der Waals surface area contributed by atoms with Crippen molar-refractivity contribution in [2.45, 2.75) is 46.2 Å². The van der Waals surface area contributed by atoms with Crippen molar-refractivity contribution in [1.82, 2.24) is 19.6 Å². The van der Waals surface area contributed by atoms with Gasteiger partial charge in [0.25, 0.3) is 0 Å². The van der Waals surface area contributed by atoms with E-state index in [1.165, 1.54) is 71.6 Å². The van der Waals surface area contributed by atoms with Crippen molar-refractivity contribution in [2.24, 2.45) is 0 Å². The lowest BCUT2D eigenvalue weighted by Gasteiger charge is -2.10. The summed E-state index contributed by atoms with van der Waals surface area (Å²) in [4.78, 5) is 15.7. The Labute approximate surface area is 195 Å². The van der Waals surface area contributed by atoms with Crippen LogP contribution in [0.3, 0.4) is 0 Å². The van der Waals surface area contributed by atoms with Crippen molar-refractivity contribution in [3.05, 3.63) is 41.2 Å². The molecule has 1 aromatic heterocycles. The normalized spacial score (nSPS) is 13.8. The summed E-state index contributed by atoms with van der Waals surface area (Å²) in [5, 5.41) is 3.50. The molecule has 0 spiro atoms. The van der Waals surface area contributed by atoms with Gasteiger partial charge in [-0.2, -0.15) is 18.3 Å². The van der Waals surface area contributed by atoms with Crippen molar-refractivity contribution in [2.75, 3.05) is 47.4 Å². The summed E-state index contributed by atoms with van der Waals surface area (Å²) in [6, 6.07) is 6.21. The molecule has 1 aliphatic rings. The maximum Gasteiger partial charge on any atom is 0.435 e. The molecule has 0 saturated carbocycles. The number of alkyl halides is 3. The fourth-order valence-electron chi connectivity index (χ4n) is 3.25. The number of halogens is 3. The molecule has 0 bridgehead atoms. The molecule has 0 N–H and O–H groups in total. The van der Waals surface area contributed by atoms with Crippen LogP contribution in [0.25, 0.3) is 5.69 Å². The number of carbonyl (C=O) groups is 1. The summed E-state index contributed by atoms with van der Waals surface area (Å²) in [7, 11) is 5.79. The molecule has 3 rings (SSSR count). The number of hydrogen-bond acceptors (Lipinski definition) is 5. The molecule has 1 saturated heterocycles. The van der Waals surface area contributed by atoms with Gasteiger partial charge < -0.3 is 14.5 Å². The fourth-order valence-corrected chi connectivity index (χ4v) is 3.25. The molecule has 1 aromatic carbocycles. The Morgan fingerprint density at radius 3 is 2.06 bits per heavy atom. The summed E-state index contributed by atoms with van der Waals surface area (Å²) in [6.07, 6.45) is -0.140. The largest absolute Gasteiger partial charge is 0.497 e. The van der Waals surface area contributed by atoms with E-state index >= 15 is 0 Å². The predicted molar refractivity (Wildman–Crippen MR) is 125 cm³/mol. The molecule has 0 aliphatic carbocycles. The van der Waals surface area contributed by atoms with E-state index in [0.29, 0.717) is 17.7 Å². The second kappa shape index (κ2) is 14.0. The Kier molecular flexibility index (Phi) is 12.2. The zero-order chi connectivity index (χ0) is 25.0. The van der Waals surface area contributed by atoms with Crippen LogP contribution in [0, 0.1) is 6.92 Å². The van der Waals surface area contributed by atoms with E-state index in [-0.39, 0.29) is 11.3 Å². The molecule has 0 unspecified atom stereocenters. The third-order valence-corrected chi connectivity index (χ3v) is 5.34.